The molecule has 3 rings (SSSR count). The van der Waals surface area contributed by atoms with E-state index < -0.39 is 6.10 Å². The highest BCUT2D eigenvalue weighted by atomic mass is 16.7. The number of aryl methyl sites for hydroxylation is 2. The maximum Gasteiger partial charge on any atom is 0.254 e. The number of amides is 1. The predicted molar refractivity (Wildman–Crippen MR) is 82.7 cm³/mol. The average molecular weight is 317 g/mol. The summed E-state index contributed by atoms with van der Waals surface area (Å²) in [6.45, 7) is 4.11. The van der Waals surface area contributed by atoms with Gasteiger partial charge in [-0.05, 0) is 44.0 Å². The van der Waals surface area contributed by atoms with Crippen molar-refractivity contribution in [3.05, 3.63) is 46.9 Å². The second kappa shape index (κ2) is 6.34. The molecule has 0 saturated carbocycles. The van der Waals surface area contributed by atoms with Crippen LogP contribution in [0.25, 0.3) is 0 Å². The summed E-state index contributed by atoms with van der Waals surface area (Å²) in [5, 5.41) is 13.0. The molecule has 2 N–H and O–H groups in total. The Hall–Kier alpha value is -2.47. The quantitative estimate of drug-likeness (QED) is 0.885. The van der Waals surface area contributed by atoms with E-state index in [1.54, 1.807) is 38.1 Å². The van der Waals surface area contributed by atoms with Gasteiger partial charge in [0.25, 0.3) is 5.91 Å². The molecule has 1 aromatic carbocycles. The van der Waals surface area contributed by atoms with Crippen LogP contribution in [0.5, 0.6) is 11.5 Å². The molecule has 6 heteroatoms. The van der Waals surface area contributed by atoms with Gasteiger partial charge in [-0.2, -0.15) is 0 Å². The molecule has 1 amide bonds. The molecule has 0 spiro atoms. The molecule has 2 heterocycles. The van der Waals surface area contributed by atoms with Gasteiger partial charge in [0.05, 0.1) is 11.7 Å². The van der Waals surface area contributed by atoms with Crippen LogP contribution >= 0.6 is 0 Å². The number of carbonyl (C=O) groups excluding carboxylic acids is 1. The molecule has 0 fully saturated rings. The van der Waals surface area contributed by atoms with Gasteiger partial charge in [-0.15, -0.1) is 0 Å². The standard InChI is InChI=1S/C17H19NO5/c1-10-7-13(11(2)23-10)17(20)18-6-5-14(19)12-3-4-15-16(8-12)22-9-21-15/h3-4,7-8,14,19H,5-6,9H2,1-2H3,(H,18,20)/t14-/m1/s1. The van der Waals surface area contributed by atoms with Crippen molar-refractivity contribution in [1.82, 2.24) is 5.32 Å². The molecule has 0 bridgehead atoms. The second-order valence-corrected chi connectivity index (χ2v) is 5.50. The first-order valence-corrected chi connectivity index (χ1v) is 7.47. The second-order valence-electron chi connectivity index (χ2n) is 5.50. The van der Waals surface area contributed by atoms with Crippen molar-refractivity contribution in [2.24, 2.45) is 0 Å². The van der Waals surface area contributed by atoms with Crippen molar-refractivity contribution >= 4 is 5.91 Å². The van der Waals surface area contributed by atoms with E-state index in [4.69, 9.17) is 13.9 Å². The summed E-state index contributed by atoms with van der Waals surface area (Å²) >= 11 is 0. The Morgan fingerprint density at radius 1 is 1.26 bits per heavy atom. The number of nitrogens with one attached hydrogen (secondary N) is 1. The first-order chi connectivity index (χ1) is 11.0. The lowest BCUT2D eigenvalue weighted by Gasteiger charge is -2.12. The Kier molecular flexibility index (Phi) is 4.25. The van der Waals surface area contributed by atoms with E-state index in [0.717, 1.165) is 5.56 Å². The Labute approximate surface area is 134 Å². The number of aliphatic hydroxyl groups excluding tert-OH is 1. The van der Waals surface area contributed by atoms with Gasteiger partial charge in [0, 0.05) is 6.54 Å². The molecule has 1 aliphatic rings. The summed E-state index contributed by atoms with van der Waals surface area (Å²) in [4.78, 5) is 12.1. The molecule has 122 valence electrons. The lowest BCUT2D eigenvalue weighted by atomic mass is 10.1. The summed E-state index contributed by atoms with van der Waals surface area (Å²) in [7, 11) is 0. The summed E-state index contributed by atoms with van der Waals surface area (Å²) in [5.74, 6) is 2.41. The van der Waals surface area contributed by atoms with Crippen LogP contribution in [0.1, 0.15) is 40.0 Å². The third kappa shape index (κ3) is 3.32. The largest absolute Gasteiger partial charge is 0.466 e. The molecule has 6 nitrogen and oxygen atoms in total. The SMILES string of the molecule is Cc1cc(C(=O)NCC[C@@H](O)c2ccc3c(c2)OCO3)c(C)o1. The highest BCUT2D eigenvalue weighted by molar-refractivity contribution is 5.95. The fraction of sp³-hybridized carbons (Fsp3) is 0.353. The number of carbonyl (C=O) groups is 1. The van der Waals surface area contributed by atoms with E-state index in [1.165, 1.54) is 0 Å². The van der Waals surface area contributed by atoms with Crippen LogP contribution in [0.3, 0.4) is 0 Å². The van der Waals surface area contributed by atoms with Crippen molar-refractivity contribution in [1.29, 1.82) is 0 Å². The Bertz CT molecular complexity index is 722. The molecular formula is C17H19NO5. The zero-order valence-corrected chi connectivity index (χ0v) is 13.1. The number of hydrogen-bond acceptors (Lipinski definition) is 5. The minimum absolute atomic E-state index is 0.197. The van der Waals surface area contributed by atoms with Gasteiger partial charge in [0.15, 0.2) is 11.5 Å². The molecule has 1 aromatic heterocycles. The highest BCUT2D eigenvalue weighted by Gasteiger charge is 2.17. The molecule has 23 heavy (non-hydrogen) atoms. The maximum absolute atomic E-state index is 12.1. The maximum atomic E-state index is 12.1. The normalized spacial score (nSPS) is 13.9. The number of ether oxygens (including phenoxy) is 2. The summed E-state index contributed by atoms with van der Waals surface area (Å²) in [6.07, 6.45) is -0.279. The topological polar surface area (TPSA) is 80.9 Å². The van der Waals surface area contributed by atoms with E-state index in [9.17, 15) is 9.90 Å². The zero-order valence-electron chi connectivity index (χ0n) is 13.1. The van der Waals surface area contributed by atoms with E-state index in [2.05, 4.69) is 5.32 Å². The summed E-state index contributed by atoms with van der Waals surface area (Å²) in [6, 6.07) is 7.04. The Balaban J connectivity index is 1.54. The lowest BCUT2D eigenvalue weighted by Crippen LogP contribution is -2.25. The molecule has 0 unspecified atom stereocenters. The molecule has 0 aliphatic carbocycles. The van der Waals surface area contributed by atoms with Crippen LogP contribution in [0.15, 0.2) is 28.7 Å². The van der Waals surface area contributed by atoms with Crippen LogP contribution in [-0.4, -0.2) is 24.4 Å². The number of aliphatic hydroxyl groups is 1. The zero-order chi connectivity index (χ0) is 16.4. The van der Waals surface area contributed by atoms with E-state index in [-0.39, 0.29) is 12.7 Å². The minimum atomic E-state index is -0.683. The number of rotatable bonds is 5. The van der Waals surface area contributed by atoms with Gasteiger partial charge in [-0.1, -0.05) is 6.07 Å². The smallest absolute Gasteiger partial charge is 0.254 e. The molecule has 0 radical (unpaired) electrons. The number of hydrogen-bond donors (Lipinski definition) is 2. The number of fused-ring (bicyclic) bond motifs is 1. The van der Waals surface area contributed by atoms with Crippen LogP contribution in [0.4, 0.5) is 0 Å². The third-order valence-electron chi connectivity index (χ3n) is 3.77. The highest BCUT2D eigenvalue weighted by Crippen LogP contribution is 2.34. The van der Waals surface area contributed by atoms with Gasteiger partial charge >= 0.3 is 0 Å². The monoisotopic (exact) mass is 317 g/mol. The third-order valence-corrected chi connectivity index (χ3v) is 3.77. The first-order valence-electron chi connectivity index (χ1n) is 7.47. The van der Waals surface area contributed by atoms with Crippen molar-refractivity contribution in [2.45, 2.75) is 26.4 Å². The summed E-state index contributed by atoms with van der Waals surface area (Å²) < 4.78 is 15.9. The minimum Gasteiger partial charge on any atom is -0.466 e. The summed E-state index contributed by atoms with van der Waals surface area (Å²) in [5.41, 5.74) is 1.26. The molecule has 1 aliphatic heterocycles. The van der Waals surface area contributed by atoms with Crippen molar-refractivity contribution in [2.75, 3.05) is 13.3 Å². The van der Waals surface area contributed by atoms with E-state index in [0.29, 0.717) is 41.5 Å². The molecule has 0 saturated heterocycles. The number of benzene rings is 1. The van der Waals surface area contributed by atoms with Gasteiger partial charge in [0.2, 0.25) is 6.79 Å². The number of furan rings is 1. The van der Waals surface area contributed by atoms with Crippen molar-refractivity contribution in [3.8, 4) is 11.5 Å². The van der Waals surface area contributed by atoms with Gasteiger partial charge < -0.3 is 24.3 Å². The Morgan fingerprint density at radius 3 is 2.78 bits per heavy atom. The van der Waals surface area contributed by atoms with Crippen LogP contribution in [-0.2, 0) is 0 Å². The predicted octanol–water partition coefficient (Wildman–Crippen LogP) is 2.48. The van der Waals surface area contributed by atoms with Crippen molar-refractivity contribution < 1.29 is 23.8 Å². The van der Waals surface area contributed by atoms with Crippen LogP contribution < -0.4 is 14.8 Å². The van der Waals surface area contributed by atoms with Gasteiger partial charge in [0.1, 0.15) is 11.5 Å². The first kappa shape index (κ1) is 15.4. The van der Waals surface area contributed by atoms with Gasteiger partial charge in [-0.3, -0.25) is 4.79 Å². The molecular weight excluding hydrogens is 298 g/mol. The fourth-order valence-corrected chi connectivity index (χ4v) is 2.56. The van der Waals surface area contributed by atoms with E-state index >= 15 is 0 Å². The lowest BCUT2D eigenvalue weighted by molar-refractivity contribution is 0.0941. The van der Waals surface area contributed by atoms with Crippen LogP contribution in [0, 0.1) is 13.8 Å². The average Bonchev–Trinajstić information content (AvgIpc) is 3.12. The van der Waals surface area contributed by atoms with Gasteiger partial charge in [-0.25, -0.2) is 0 Å². The molecule has 2 aromatic rings. The fourth-order valence-electron chi connectivity index (χ4n) is 2.56. The van der Waals surface area contributed by atoms with Crippen LogP contribution in [0.2, 0.25) is 0 Å². The van der Waals surface area contributed by atoms with E-state index in [1.807, 2.05) is 0 Å². The Morgan fingerprint density at radius 2 is 2.04 bits per heavy atom. The van der Waals surface area contributed by atoms with Crippen molar-refractivity contribution in [3.63, 3.8) is 0 Å². The molecule has 1 atom stereocenters.